The van der Waals surface area contributed by atoms with Crippen molar-refractivity contribution in [3.63, 3.8) is 0 Å². The van der Waals surface area contributed by atoms with Crippen molar-refractivity contribution in [1.82, 2.24) is 0 Å². The van der Waals surface area contributed by atoms with E-state index in [0.717, 1.165) is 5.56 Å². The highest BCUT2D eigenvalue weighted by Crippen LogP contribution is 2.37. The second-order valence-corrected chi connectivity index (χ2v) is 4.87. The molecule has 0 amide bonds. The molecule has 1 atom stereocenters. The molecule has 21 heavy (non-hydrogen) atoms. The molecule has 0 unspecified atom stereocenters. The average molecular weight is 286 g/mol. The van der Waals surface area contributed by atoms with Crippen molar-refractivity contribution in [3.8, 4) is 17.2 Å². The lowest BCUT2D eigenvalue weighted by Gasteiger charge is -2.25. The fourth-order valence-corrected chi connectivity index (χ4v) is 2.48. The molecule has 0 saturated heterocycles. The fourth-order valence-electron chi connectivity index (χ4n) is 2.48. The third-order valence-corrected chi connectivity index (χ3v) is 3.53. The quantitative estimate of drug-likeness (QED) is 0.830. The zero-order chi connectivity index (χ0) is 15.0. The van der Waals surface area contributed by atoms with Gasteiger partial charge in [-0.2, -0.15) is 0 Å². The van der Waals surface area contributed by atoms with Crippen LogP contribution in [0.1, 0.15) is 27.6 Å². The largest absolute Gasteiger partial charge is 0.508 e. The molecule has 2 aromatic rings. The molecule has 5 nitrogen and oxygen atoms in total. The van der Waals surface area contributed by atoms with Gasteiger partial charge in [0, 0.05) is 12.5 Å². The molecular weight excluding hydrogens is 272 g/mol. The van der Waals surface area contributed by atoms with Crippen LogP contribution in [0.15, 0.2) is 36.4 Å². The van der Waals surface area contributed by atoms with E-state index in [1.54, 1.807) is 30.3 Å². The van der Waals surface area contributed by atoms with Crippen molar-refractivity contribution in [2.75, 3.05) is 7.11 Å². The van der Waals surface area contributed by atoms with E-state index < -0.39 is 12.1 Å². The highest BCUT2D eigenvalue weighted by Gasteiger charge is 2.30. The maximum Gasteiger partial charge on any atom is 0.342 e. The lowest BCUT2D eigenvalue weighted by molar-refractivity contribution is 0.0248. The van der Waals surface area contributed by atoms with Gasteiger partial charge < -0.3 is 19.7 Å². The van der Waals surface area contributed by atoms with E-state index in [0.29, 0.717) is 17.7 Å². The van der Waals surface area contributed by atoms with Crippen LogP contribution in [0.3, 0.4) is 0 Å². The molecule has 2 N–H and O–H groups in total. The number of esters is 1. The first-order chi connectivity index (χ1) is 10.1. The van der Waals surface area contributed by atoms with Crippen LogP contribution in [0.4, 0.5) is 0 Å². The number of hydrogen-bond donors (Lipinski definition) is 2. The summed E-state index contributed by atoms with van der Waals surface area (Å²) in [5, 5.41) is 19.2. The zero-order valence-corrected chi connectivity index (χ0v) is 11.4. The summed E-state index contributed by atoms with van der Waals surface area (Å²) in [6, 6.07) is 9.62. The van der Waals surface area contributed by atoms with Gasteiger partial charge >= 0.3 is 5.97 Å². The Kier molecular flexibility index (Phi) is 3.17. The summed E-state index contributed by atoms with van der Waals surface area (Å²) in [4.78, 5) is 12.1. The molecule has 0 fully saturated rings. The first kappa shape index (κ1) is 13.3. The van der Waals surface area contributed by atoms with Crippen LogP contribution in [-0.4, -0.2) is 23.3 Å². The molecule has 1 aliphatic heterocycles. The van der Waals surface area contributed by atoms with Gasteiger partial charge in [0.2, 0.25) is 0 Å². The number of rotatable bonds is 2. The van der Waals surface area contributed by atoms with Gasteiger partial charge in [0.25, 0.3) is 0 Å². The molecule has 108 valence electrons. The maximum atomic E-state index is 12.1. The Morgan fingerprint density at radius 2 is 1.90 bits per heavy atom. The number of phenolic OH excluding ortho intramolecular Hbond substituents is 2. The summed E-state index contributed by atoms with van der Waals surface area (Å²) in [6.45, 7) is 0. The van der Waals surface area contributed by atoms with Crippen molar-refractivity contribution in [3.05, 3.63) is 53.1 Å². The zero-order valence-electron chi connectivity index (χ0n) is 11.4. The molecule has 1 heterocycles. The Balaban J connectivity index is 1.99. The molecule has 0 saturated carbocycles. The van der Waals surface area contributed by atoms with Crippen LogP contribution in [0.5, 0.6) is 17.2 Å². The van der Waals surface area contributed by atoms with Crippen molar-refractivity contribution in [2.45, 2.75) is 12.5 Å². The third kappa shape index (κ3) is 2.38. The molecule has 0 aromatic heterocycles. The topological polar surface area (TPSA) is 76.0 Å². The summed E-state index contributed by atoms with van der Waals surface area (Å²) in [5.41, 5.74) is 1.65. The SMILES string of the molecule is COc1cc(O)c2c(c1)C[C@@H](c1ccc(O)cc1)OC2=O. The minimum atomic E-state index is -0.561. The van der Waals surface area contributed by atoms with Crippen LogP contribution in [0.25, 0.3) is 0 Å². The Labute approximate surface area is 121 Å². The number of phenols is 2. The van der Waals surface area contributed by atoms with Crippen LogP contribution in [0, 0.1) is 0 Å². The summed E-state index contributed by atoms with van der Waals surface area (Å²) < 4.78 is 10.5. The normalized spacial score (nSPS) is 17.0. The highest BCUT2D eigenvalue weighted by atomic mass is 16.5. The first-order valence-corrected chi connectivity index (χ1v) is 6.48. The van der Waals surface area contributed by atoms with E-state index in [9.17, 15) is 15.0 Å². The van der Waals surface area contributed by atoms with Gasteiger partial charge in [-0.1, -0.05) is 12.1 Å². The lowest BCUT2D eigenvalue weighted by atomic mass is 9.94. The summed E-state index contributed by atoms with van der Waals surface area (Å²) in [6.07, 6.45) is -0.00604. The third-order valence-electron chi connectivity index (χ3n) is 3.53. The number of aromatic hydroxyl groups is 2. The van der Waals surface area contributed by atoms with E-state index in [4.69, 9.17) is 9.47 Å². The molecule has 3 rings (SSSR count). The van der Waals surface area contributed by atoms with Crippen LogP contribution in [0.2, 0.25) is 0 Å². The van der Waals surface area contributed by atoms with Gasteiger partial charge in [0.1, 0.15) is 28.9 Å². The van der Waals surface area contributed by atoms with Gasteiger partial charge in [-0.15, -0.1) is 0 Å². The van der Waals surface area contributed by atoms with Gasteiger partial charge in [-0.3, -0.25) is 0 Å². The molecular formula is C16H14O5. The Hall–Kier alpha value is -2.69. The number of cyclic esters (lactones) is 1. The number of hydrogen-bond acceptors (Lipinski definition) is 5. The second-order valence-electron chi connectivity index (χ2n) is 4.87. The molecule has 0 spiro atoms. The highest BCUT2D eigenvalue weighted by molar-refractivity contribution is 5.95. The van der Waals surface area contributed by atoms with Crippen LogP contribution >= 0.6 is 0 Å². The molecule has 5 heteroatoms. The van der Waals surface area contributed by atoms with E-state index in [1.165, 1.54) is 13.2 Å². The minimum Gasteiger partial charge on any atom is -0.508 e. The van der Waals surface area contributed by atoms with Crippen molar-refractivity contribution in [1.29, 1.82) is 0 Å². The van der Waals surface area contributed by atoms with Crippen LogP contribution < -0.4 is 4.74 Å². The number of ether oxygens (including phenoxy) is 2. The van der Waals surface area contributed by atoms with Gasteiger partial charge in [0.15, 0.2) is 0 Å². The predicted molar refractivity (Wildman–Crippen MR) is 74.6 cm³/mol. The number of fused-ring (bicyclic) bond motifs is 1. The Morgan fingerprint density at radius 1 is 1.19 bits per heavy atom. The van der Waals surface area contributed by atoms with E-state index in [1.807, 2.05) is 0 Å². The first-order valence-electron chi connectivity index (χ1n) is 6.48. The van der Waals surface area contributed by atoms with Crippen LogP contribution in [-0.2, 0) is 11.2 Å². The average Bonchev–Trinajstić information content (AvgIpc) is 2.46. The molecule has 1 aliphatic rings. The van der Waals surface area contributed by atoms with Crippen molar-refractivity contribution in [2.24, 2.45) is 0 Å². The molecule has 2 aromatic carbocycles. The van der Waals surface area contributed by atoms with Gasteiger partial charge in [-0.05, 0) is 29.3 Å². The smallest absolute Gasteiger partial charge is 0.342 e. The number of carbonyl (C=O) groups is 1. The number of methoxy groups -OCH3 is 1. The molecule has 0 radical (unpaired) electrons. The van der Waals surface area contributed by atoms with E-state index >= 15 is 0 Å². The van der Waals surface area contributed by atoms with Gasteiger partial charge in [-0.25, -0.2) is 4.79 Å². The lowest BCUT2D eigenvalue weighted by Crippen LogP contribution is -2.22. The van der Waals surface area contributed by atoms with Crippen molar-refractivity contribution >= 4 is 5.97 Å². The standard InChI is InChI=1S/C16H14O5/c1-20-12-6-10-7-14(9-2-4-11(17)5-3-9)21-16(19)15(10)13(18)8-12/h2-6,8,14,17-18H,7H2,1H3/t14-/m0/s1. The molecule has 0 aliphatic carbocycles. The number of benzene rings is 2. The Morgan fingerprint density at radius 3 is 2.57 bits per heavy atom. The Bertz CT molecular complexity index is 691. The number of carbonyl (C=O) groups excluding carboxylic acids is 1. The van der Waals surface area contributed by atoms with Crippen molar-refractivity contribution < 1.29 is 24.5 Å². The summed E-state index contributed by atoms with van der Waals surface area (Å²) in [7, 11) is 1.50. The minimum absolute atomic E-state index is 0.140. The summed E-state index contributed by atoms with van der Waals surface area (Å²) >= 11 is 0. The summed E-state index contributed by atoms with van der Waals surface area (Å²) in [5.74, 6) is -0.0565. The monoisotopic (exact) mass is 286 g/mol. The fraction of sp³-hybridized carbons (Fsp3) is 0.188. The van der Waals surface area contributed by atoms with Gasteiger partial charge in [0.05, 0.1) is 7.11 Å². The predicted octanol–water partition coefficient (Wildman–Crippen LogP) is 2.56. The molecule has 0 bridgehead atoms. The maximum absolute atomic E-state index is 12.1. The van der Waals surface area contributed by atoms with E-state index in [2.05, 4.69) is 0 Å². The second kappa shape index (κ2) is 5.01. The van der Waals surface area contributed by atoms with E-state index in [-0.39, 0.29) is 17.1 Å².